The van der Waals surface area contributed by atoms with Crippen LogP contribution in [0.1, 0.15) is 30.9 Å². The molecule has 1 aromatic heterocycles. The zero-order chi connectivity index (χ0) is 17.1. The summed E-state index contributed by atoms with van der Waals surface area (Å²) in [6.45, 7) is 9.95. The van der Waals surface area contributed by atoms with Crippen molar-refractivity contribution in [3.05, 3.63) is 40.8 Å². The Labute approximate surface area is 174 Å². The second-order valence-corrected chi connectivity index (χ2v) is 7.05. The van der Waals surface area contributed by atoms with E-state index in [1.165, 1.54) is 29.4 Å². The quantitative estimate of drug-likeness (QED) is 0.570. The molecule has 0 aliphatic carbocycles. The van der Waals surface area contributed by atoms with Gasteiger partial charge in [0.15, 0.2) is 5.75 Å². The number of benzene rings is 1. The summed E-state index contributed by atoms with van der Waals surface area (Å²) >= 11 is 0. The Morgan fingerprint density at radius 2 is 2.08 bits per heavy atom. The third-order valence-corrected chi connectivity index (χ3v) is 5.16. The number of rotatable bonds is 5. The van der Waals surface area contributed by atoms with Crippen LogP contribution < -0.4 is 4.74 Å². The van der Waals surface area contributed by atoms with E-state index in [1.54, 1.807) is 0 Å². The number of unbranched alkanes of at least 4 members (excludes halogenated alkanes) is 1. The second-order valence-electron chi connectivity index (χ2n) is 7.05. The first-order valence-electron chi connectivity index (χ1n) is 9.45. The molecule has 138 valence electrons. The number of ether oxygens (including phenoxy) is 1. The molecule has 0 N–H and O–H groups in total. The van der Waals surface area contributed by atoms with Gasteiger partial charge < -0.3 is 15.0 Å². The average molecular weight is 518 g/mol. The van der Waals surface area contributed by atoms with Crippen LogP contribution in [-0.4, -0.2) is 54.2 Å². The molecule has 2 aliphatic rings. The average Bonchev–Trinajstić information content (AvgIpc) is 2.67. The van der Waals surface area contributed by atoms with Crippen LogP contribution in [-0.2, 0) is 38.9 Å². The van der Waals surface area contributed by atoms with Crippen molar-refractivity contribution in [2.45, 2.75) is 32.9 Å². The normalized spacial score (nSPS) is 18.2. The van der Waals surface area contributed by atoms with E-state index in [2.05, 4.69) is 39.2 Å². The molecule has 26 heavy (non-hydrogen) atoms. The Balaban J connectivity index is 0.00000196. The molecular formula is C20H27HfN4O-. The van der Waals surface area contributed by atoms with Crippen LogP contribution in [0.25, 0.3) is 16.2 Å². The Hall–Kier alpha value is -0.820. The first kappa shape index (κ1) is 19.9. The van der Waals surface area contributed by atoms with Crippen LogP contribution >= 0.6 is 0 Å². The first-order valence-corrected chi connectivity index (χ1v) is 9.45. The standard InChI is InChI=1S/C20H27N4O.Hf/c1-2-3-9-24-14-17-12-16(13-23-10-7-21-8-11-23)18-5-4-6-22-19(18)20(17)25-15-24;/h4-6,12H,2-3,7-11,13-15H2,1H3;/q-1;. The van der Waals surface area contributed by atoms with Gasteiger partial charge in [0, 0.05) is 62.6 Å². The number of hydrogen-bond acceptors (Lipinski definition) is 4. The third-order valence-electron chi connectivity index (χ3n) is 5.16. The van der Waals surface area contributed by atoms with Crippen molar-refractivity contribution in [2.75, 3.05) is 39.5 Å². The summed E-state index contributed by atoms with van der Waals surface area (Å²) in [5.41, 5.74) is 3.67. The number of nitrogens with zero attached hydrogens (tertiary/aromatic N) is 4. The van der Waals surface area contributed by atoms with Gasteiger partial charge in [-0.1, -0.05) is 19.4 Å². The Morgan fingerprint density at radius 1 is 1.23 bits per heavy atom. The monoisotopic (exact) mass is 519 g/mol. The smallest absolute Gasteiger partial charge is 0.152 e. The molecule has 0 amide bonds. The SMILES string of the molecule is CCCCN1COc2c(cc(CN3CC[N-]CC3)c3cccnc23)C1.[Hf]. The summed E-state index contributed by atoms with van der Waals surface area (Å²) in [7, 11) is 0. The number of pyridine rings is 1. The summed E-state index contributed by atoms with van der Waals surface area (Å²) < 4.78 is 6.13. The number of hydrogen-bond donors (Lipinski definition) is 0. The van der Waals surface area contributed by atoms with Gasteiger partial charge >= 0.3 is 0 Å². The topological polar surface area (TPSA) is 42.7 Å². The molecule has 3 heterocycles. The van der Waals surface area contributed by atoms with Gasteiger partial charge in [0.05, 0.1) is 0 Å². The molecular weight excluding hydrogens is 491 g/mol. The summed E-state index contributed by atoms with van der Waals surface area (Å²) in [6, 6.07) is 6.56. The molecule has 0 saturated carbocycles. The van der Waals surface area contributed by atoms with Crippen molar-refractivity contribution in [3.8, 4) is 5.75 Å². The fourth-order valence-corrected chi connectivity index (χ4v) is 3.77. The van der Waals surface area contributed by atoms with Crippen molar-refractivity contribution >= 4 is 10.9 Å². The molecule has 0 unspecified atom stereocenters. The maximum Gasteiger partial charge on any atom is 0.152 e. The predicted octanol–water partition coefficient (Wildman–Crippen LogP) is 3.37. The number of fused-ring (bicyclic) bond motifs is 3. The van der Waals surface area contributed by atoms with Gasteiger partial charge in [0.2, 0.25) is 0 Å². The summed E-state index contributed by atoms with van der Waals surface area (Å²) in [5, 5.41) is 5.69. The van der Waals surface area contributed by atoms with Crippen molar-refractivity contribution in [1.82, 2.24) is 14.8 Å². The molecule has 4 rings (SSSR count). The van der Waals surface area contributed by atoms with E-state index in [0.29, 0.717) is 6.73 Å². The van der Waals surface area contributed by atoms with Crippen LogP contribution in [0, 0.1) is 0 Å². The van der Waals surface area contributed by atoms with Crippen molar-refractivity contribution in [1.29, 1.82) is 0 Å². The van der Waals surface area contributed by atoms with Crippen LogP contribution in [0.2, 0.25) is 0 Å². The molecule has 1 saturated heterocycles. The Kier molecular flexibility index (Phi) is 7.20. The molecule has 2 aliphatic heterocycles. The molecule has 6 heteroatoms. The number of aromatic nitrogens is 1. The van der Waals surface area contributed by atoms with Crippen LogP contribution in [0.3, 0.4) is 0 Å². The zero-order valence-corrected chi connectivity index (χ0v) is 19.2. The first-order chi connectivity index (χ1) is 12.3. The Bertz CT molecular complexity index is 733. The van der Waals surface area contributed by atoms with E-state index >= 15 is 0 Å². The molecule has 0 bridgehead atoms. The largest absolute Gasteiger partial charge is 0.660 e. The molecule has 0 atom stereocenters. The summed E-state index contributed by atoms with van der Waals surface area (Å²) in [6.07, 6.45) is 4.31. The maximum atomic E-state index is 6.13. The van der Waals surface area contributed by atoms with Gasteiger partial charge in [-0.15, -0.1) is 13.1 Å². The fourth-order valence-electron chi connectivity index (χ4n) is 3.77. The third kappa shape index (κ3) is 4.35. The van der Waals surface area contributed by atoms with Crippen LogP contribution in [0.15, 0.2) is 24.4 Å². The minimum absolute atomic E-state index is 0. The van der Waals surface area contributed by atoms with Crippen molar-refractivity contribution in [3.63, 3.8) is 0 Å². The van der Waals surface area contributed by atoms with Crippen LogP contribution in [0.4, 0.5) is 0 Å². The molecule has 2 aromatic rings. The minimum Gasteiger partial charge on any atom is -0.660 e. The molecule has 0 radical (unpaired) electrons. The van der Waals surface area contributed by atoms with Crippen LogP contribution in [0.5, 0.6) is 5.75 Å². The van der Waals surface area contributed by atoms with E-state index in [0.717, 1.165) is 57.1 Å². The molecule has 1 fully saturated rings. The van der Waals surface area contributed by atoms with E-state index in [-0.39, 0.29) is 25.8 Å². The molecule has 0 spiro atoms. The van der Waals surface area contributed by atoms with E-state index < -0.39 is 0 Å². The summed E-state index contributed by atoms with van der Waals surface area (Å²) in [4.78, 5) is 9.55. The van der Waals surface area contributed by atoms with Crippen molar-refractivity contribution in [2.24, 2.45) is 0 Å². The molecule has 5 nitrogen and oxygen atoms in total. The van der Waals surface area contributed by atoms with E-state index in [1.807, 2.05) is 12.3 Å². The number of piperazine rings is 1. The van der Waals surface area contributed by atoms with E-state index in [9.17, 15) is 0 Å². The fraction of sp³-hybridized carbons (Fsp3) is 0.550. The van der Waals surface area contributed by atoms with Gasteiger partial charge in [0.1, 0.15) is 12.2 Å². The Morgan fingerprint density at radius 3 is 2.88 bits per heavy atom. The minimum atomic E-state index is 0. The van der Waals surface area contributed by atoms with Gasteiger partial charge in [-0.2, -0.15) is 0 Å². The maximum absolute atomic E-state index is 6.13. The van der Waals surface area contributed by atoms with E-state index in [4.69, 9.17) is 4.74 Å². The zero-order valence-electron chi connectivity index (χ0n) is 15.6. The van der Waals surface area contributed by atoms with Crippen molar-refractivity contribution < 1.29 is 30.6 Å². The molecule has 1 aromatic carbocycles. The van der Waals surface area contributed by atoms with Gasteiger partial charge in [-0.25, -0.2) is 0 Å². The van der Waals surface area contributed by atoms with Gasteiger partial charge in [0.25, 0.3) is 0 Å². The predicted molar refractivity (Wildman–Crippen MR) is 101 cm³/mol. The summed E-state index contributed by atoms with van der Waals surface area (Å²) in [5.74, 6) is 0.987. The second kappa shape index (κ2) is 9.40. The van der Waals surface area contributed by atoms with Gasteiger partial charge in [-0.05, 0) is 37.2 Å². The van der Waals surface area contributed by atoms with Gasteiger partial charge in [-0.3, -0.25) is 9.88 Å².